The average Bonchev–Trinajstić information content (AvgIpc) is 3.20. The first-order valence-electron chi connectivity index (χ1n) is 13.1. The third-order valence-corrected chi connectivity index (χ3v) is 12.4. The van der Waals surface area contributed by atoms with E-state index in [2.05, 4.69) is 43.8 Å². The number of halogens is 2. The molecular weight excluding hydrogens is 573 g/mol. The van der Waals surface area contributed by atoms with Crippen molar-refractivity contribution < 1.29 is 23.5 Å². The summed E-state index contributed by atoms with van der Waals surface area (Å²) in [6.07, 6.45) is 1.20. The van der Waals surface area contributed by atoms with Crippen LogP contribution in [0, 0.1) is 6.92 Å². The van der Waals surface area contributed by atoms with Gasteiger partial charge in [0.2, 0.25) is 0 Å². The van der Waals surface area contributed by atoms with Crippen LogP contribution < -0.4 is 9.80 Å². The molecule has 0 aliphatic carbocycles. The number of amides is 3. The van der Waals surface area contributed by atoms with Gasteiger partial charge in [-0.2, -0.15) is 0 Å². The molecule has 1 saturated heterocycles. The van der Waals surface area contributed by atoms with E-state index < -0.39 is 20.2 Å². The van der Waals surface area contributed by atoms with Gasteiger partial charge in [0, 0.05) is 31.0 Å². The van der Waals surface area contributed by atoms with Crippen molar-refractivity contribution in [2.45, 2.75) is 52.8 Å². The Morgan fingerprint density at radius 3 is 2.35 bits per heavy atom. The molecular formula is C27H37Cl2N5O5Si. The van der Waals surface area contributed by atoms with Crippen LogP contribution in [0.3, 0.4) is 0 Å². The number of hydrogen-bond acceptors (Lipinski definition) is 7. The van der Waals surface area contributed by atoms with Gasteiger partial charge >= 0.3 is 12.0 Å². The lowest BCUT2D eigenvalue weighted by Crippen LogP contribution is -2.43. The summed E-state index contributed by atoms with van der Waals surface area (Å²) in [5.74, 6) is -0.902. The number of rotatable bonds is 10. The zero-order valence-electron chi connectivity index (χ0n) is 24.1. The van der Waals surface area contributed by atoms with Crippen LogP contribution in [0.2, 0.25) is 28.4 Å². The number of anilines is 2. The van der Waals surface area contributed by atoms with Gasteiger partial charge in [-0.25, -0.2) is 14.8 Å². The molecule has 1 fully saturated rings. The molecule has 0 bridgehead atoms. The molecule has 2 heterocycles. The number of carbonyl (C=O) groups excluding carboxylic acids is 3. The summed E-state index contributed by atoms with van der Waals surface area (Å²) in [5.41, 5.74) is 2.04. The third-order valence-electron chi connectivity index (χ3n) is 7.30. The van der Waals surface area contributed by atoms with Gasteiger partial charge in [-0.1, -0.05) is 44.0 Å². The van der Waals surface area contributed by atoms with Gasteiger partial charge in [-0.3, -0.25) is 14.5 Å². The van der Waals surface area contributed by atoms with Crippen molar-refractivity contribution >= 4 is 60.8 Å². The lowest BCUT2D eigenvalue weighted by atomic mass is 10.1. The molecule has 13 heteroatoms. The van der Waals surface area contributed by atoms with E-state index in [0.717, 1.165) is 5.56 Å². The molecule has 0 atom stereocenters. The second-order valence-electron chi connectivity index (χ2n) is 11.0. The number of hydrogen-bond donors (Lipinski definition) is 0. The van der Waals surface area contributed by atoms with Crippen molar-refractivity contribution in [1.29, 1.82) is 0 Å². The number of aryl methyl sites for hydroxylation is 1. The van der Waals surface area contributed by atoms with Crippen LogP contribution in [-0.4, -0.2) is 80.5 Å². The fourth-order valence-corrected chi connectivity index (χ4v) is 5.55. The van der Waals surface area contributed by atoms with Crippen molar-refractivity contribution in [3.8, 4) is 0 Å². The Bertz CT molecular complexity index is 1250. The van der Waals surface area contributed by atoms with Crippen LogP contribution in [0.1, 0.15) is 43.6 Å². The lowest BCUT2D eigenvalue weighted by Gasteiger charge is -2.37. The van der Waals surface area contributed by atoms with Crippen LogP contribution in [0.15, 0.2) is 24.5 Å². The van der Waals surface area contributed by atoms with Gasteiger partial charge in [0.25, 0.3) is 5.91 Å². The Balaban J connectivity index is 1.89. The summed E-state index contributed by atoms with van der Waals surface area (Å²) in [5, 5.41) is -0.0837. The highest BCUT2D eigenvalue weighted by molar-refractivity contribution is 6.74. The fraction of sp³-hybridized carbons (Fsp3) is 0.519. The van der Waals surface area contributed by atoms with E-state index in [9.17, 15) is 14.4 Å². The summed E-state index contributed by atoms with van der Waals surface area (Å²) in [6, 6.07) is 5.10. The zero-order chi connectivity index (χ0) is 29.8. The molecule has 0 saturated carbocycles. The number of ether oxygens (including phenoxy) is 1. The molecule has 218 valence electrons. The monoisotopic (exact) mass is 609 g/mol. The van der Waals surface area contributed by atoms with Gasteiger partial charge in [-0.15, -0.1) is 0 Å². The first-order chi connectivity index (χ1) is 18.7. The normalized spacial score (nSPS) is 14.1. The molecule has 0 spiro atoms. The van der Waals surface area contributed by atoms with Crippen molar-refractivity contribution in [1.82, 2.24) is 14.9 Å². The Morgan fingerprint density at radius 2 is 1.77 bits per heavy atom. The van der Waals surface area contributed by atoms with E-state index in [-0.39, 0.29) is 46.6 Å². The minimum Gasteiger partial charge on any atom is -0.465 e. The van der Waals surface area contributed by atoms with Crippen LogP contribution >= 0.6 is 23.2 Å². The van der Waals surface area contributed by atoms with E-state index in [1.165, 1.54) is 11.2 Å². The van der Waals surface area contributed by atoms with Crippen molar-refractivity contribution in [3.63, 3.8) is 0 Å². The molecule has 40 heavy (non-hydrogen) atoms. The molecule has 0 N–H and O–H groups in total. The Morgan fingerprint density at radius 1 is 1.12 bits per heavy atom. The van der Waals surface area contributed by atoms with Gasteiger partial charge in [0.15, 0.2) is 8.32 Å². The van der Waals surface area contributed by atoms with Crippen molar-refractivity contribution in [2.24, 2.45) is 0 Å². The number of esters is 1. The molecule has 0 radical (unpaired) electrons. The SMILES string of the molecule is CCOC(=O)CN1CCN(c2ccc(N(CCO[Si](C)(C)C(C)(C)C)C(=O)c3c(Cl)ncnc3Cl)cc2C)C1=O. The highest BCUT2D eigenvalue weighted by Crippen LogP contribution is 2.37. The minimum atomic E-state index is -2.07. The quantitative estimate of drug-likeness (QED) is 0.197. The summed E-state index contributed by atoms with van der Waals surface area (Å²) in [4.78, 5) is 51.2. The highest BCUT2D eigenvalue weighted by Gasteiger charge is 2.37. The molecule has 2 aromatic rings. The van der Waals surface area contributed by atoms with Gasteiger partial charge in [0.05, 0.1) is 13.2 Å². The van der Waals surface area contributed by atoms with Gasteiger partial charge in [-0.05, 0) is 55.7 Å². The van der Waals surface area contributed by atoms with Crippen molar-refractivity contribution in [2.75, 3.05) is 49.2 Å². The number of benzene rings is 1. The van der Waals surface area contributed by atoms with Crippen LogP contribution in [-0.2, 0) is 14.0 Å². The molecule has 0 unspecified atom stereocenters. The summed E-state index contributed by atoms with van der Waals surface area (Å²) in [7, 11) is -2.07. The van der Waals surface area contributed by atoms with Crippen molar-refractivity contribution in [3.05, 3.63) is 46.0 Å². The topological polar surface area (TPSA) is 105 Å². The molecule has 1 aromatic heterocycles. The zero-order valence-corrected chi connectivity index (χ0v) is 26.6. The van der Waals surface area contributed by atoms with Crippen LogP contribution in [0.4, 0.5) is 16.2 Å². The highest BCUT2D eigenvalue weighted by atomic mass is 35.5. The maximum atomic E-state index is 13.8. The smallest absolute Gasteiger partial charge is 0.325 e. The molecule has 10 nitrogen and oxygen atoms in total. The standard InChI is InChI=1S/C27H37Cl2N5O5Si/c1-8-38-21(35)16-32-11-12-34(26(32)37)20-10-9-19(15-18(20)2)33(13-14-39-40(6,7)27(3,4)5)25(36)22-23(28)30-17-31-24(22)29/h9-10,15,17H,8,11-14,16H2,1-7H3. The molecule has 1 aliphatic heterocycles. The number of carbonyl (C=O) groups is 3. The van der Waals surface area contributed by atoms with E-state index in [1.54, 1.807) is 28.9 Å². The van der Waals surface area contributed by atoms with E-state index in [0.29, 0.717) is 31.1 Å². The summed E-state index contributed by atoms with van der Waals surface area (Å²) in [6.45, 7) is 15.9. The number of aromatic nitrogens is 2. The third kappa shape index (κ3) is 7.12. The average molecular weight is 611 g/mol. The van der Waals surface area contributed by atoms with E-state index in [1.807, 2.05) is 13.0 Å². The van der Waals surface area contributed by atoms with Gasteiger partial charge < -0.3 is 19.0 Å². The van der Waals surface area contributed by atoms with E-state index in [4.69, 9.17) is 32.4 Å². The molecule has 3 rings (SSSR count). The maximum absolute atomic E-state index is 13.8. The predicted molar refractivity (Wildman–Crippen MR) is 159 cm³/mol. The van der Waals surface area contributed by atoms with E-state index >= 15 is 0 Å². The molecule has 3 amide bonds. The minimum absolute atomic E-state index is 0.00336. The Labute approximate surface area is 246 Å². The number of nitrogens with zero attached hydrogens (tertiary/aromatic N) is 5. The van der Waals surface area contributed by atoms with Crippen LogP contribution in [0.25, 0.3) is 0 Å². The molecule has 1 aliphatic rings. The summed E-state index contributed by atoms with van der Waals surface area (Å²) >= 11 is 12.5. The molecule has 1 aromatic carbocycles. The lowest BCUT2D eigenvalue weighted by molar-refractivity contribution is -0.143. The second-order valence-corrected chi connectivity index (χ2v) is 16.6. The Hall–Kier alpha value is -2.73. The first-order valence-corrected chi connectivity index (χ1v) is 16.8. The fourth-order valence-electron chi connectivity index (χ4n) is 4.04. The first kappa shape index (κ1) is 31.8. The Kier molecular flexibility index (Phi) is 10.2. The maximum Gasteiger partial charge on any atom is 0.325 e. The second kappa shape index (κ2) is 12.8. The largest absolute Gasteiger partial charge is 0.465 e. The van der Waals surface area contributed by atoms with Crippen LogP contribution in [0.5, 0.6) is 0 Å². The summed E-state index contributed by atoms with van der Waals surface area (Å²) < 4.78 is 11.3. The van der Waals surface area contributed by atoms with Gasteiger partial charge in [0.1, 0.15) is 28.7 Å². The predicted octanol–water partition coefficient (Wildman–Crippen LogP) is 5.57. The number of urea groups is 1.